The molecule has 2 bridgehead atoms. The van der Waals surface area contributed by atoms with Crippen LogP contribution in [0.2, 0.25) is 10.0 Å². The molecule has 6 heteroatoms. The molecule has 0 amide bonds. The van der Waals surface area contributed by atoms with Crippen LogP contribution in [0.4, 0.5) is 6.01 Å². The van der Waals surface area contributed by atoms with Gasteiger partial charge in [0.05, 0.1) is 5.02 Å². The van der Waals surface area contributed by atoms with Crippen molar-refractivity contribution in [2.24, 2.45) is 0 Å². The molecule has 106 valence electrons. The first kappa shape index (κ1) is 12.7. The van der Waals surface area contributed by atoms with Gasteiger partial charge in [-0.25, -0.2) is 0 Å². The van der Waals surface area contributed by atoms with Crippen molar-refractivity contribution in [2.45, 2.75) is 18.9 Å². The predicted molar refractivity (Wildman–Crippen MR) is 80.8 cm³/mol. The van der Waals surface area contributed by atoms with Gasteiger partial charge in [0.15, 0.2) is 5.58 Å². The van der Waals surface area contributed by atoms with E-state index in [-0.39, 0.29) is 0 Å². The molecule has 3 aliphatic rings. The molecule has 0 N–H and O–H groups in total. The van der Waals surface area contributed by atoms with Gasteiger partial charge in [0.2, 0.25) is 0 Å². The Labute approximate surface area is 127 Å². The Balaban J connectivity index is 1.76. The van der Waals surface area contributed by atoms with Crippen LogP contribution in [-0.2, 0) is 0 Å². The summed E-state index contributed by atoms with van der Waals surface area (Å²) in [4.78, 5) is 9.38. The van der Waals surface area contributed by atoms with Crippen LogP contribution in [0, 0.1) is 0 Å². The van der Waals surface area contributed by atoms with Crippen LogP contribution >= 0.6 is 23.2 Å². The fourth-order valence-electron chi connectivity index (χ4n) is 3.21. The summed E-state index contributed by atoms with van der Waals surface area (Å²) in [5.74, 6) is 0. The third-order valence-corrected chi connectivity index (χ3v) is 4.80. The number of oxazole rings is 1. The second kappa shape index (κ2) is 4.79. The number of aromatic nitrogens is 1. The lowest BCUT2D eigenvalue weighted by atomic mass is 10.1. The van der Waals surface area contributed by atoms with Crippen molar-refractivity contribution in [3.05, 3.63) is 22.2 Å². The van der Waals surface area contributed by atoms with Crippen molar-refractivity contribution >= 4 is 40.3 Å². The first-order valence-corrected chi connectivity index (χ1v) is 7.71. The van der Waals surface area contributed by atoms with Gasteiger partial charge < -0.3 is 14.2 Å². The molecule has 1 aromatic heterocycles. The summed E-state index contributed by atoms with van der Waals surface area (Å²) in [6.07, 6.45) is 2.35. The Morgan fingerprint density at radius 1 is 1.10 bits per heavy atom. The van der Waals surface area contributed by atoms with E-state index in [1.807, 2.05) is 0 Å². The third-order valence-electron chi connectivity index (χ3n) is 4.30. The van der Waals surface area contributed by atoms with Crippen molar-refractivity contribution in [1.82, 2.24) is 9.88 Å². The normalized spacial score (nSPS) is 26.2. The fourth-order valence-corrected chi connectivity index (χ4v) is 3.73. The summed E-state index contributed by atoms with van der Waals surface area (Å²) in [6.45, 7) is 4.38. The summed E-state index contributed by atoms with van der Waals surface area (Å²) in [6, 6.07) is 4.70. The summed E-state index contributed by atoms with van der Waals surface area (Å²) in [7, 11) is 0. The average molecular weight is 312 g/mol. The van der Waals surface area contributed by atoms with Gasteiger partial charge in [0, 0.05) is 37.2 Å². The summed E-state index contributed by atoms with van der Waals surface area (Å²) < 4.78 is 5.91. The molecule has 4 heterocycles. The lowest BCUT2D eigenvalue weighted by Crippen LogP contribution is -2.38. The summed E-state index contributed by atoms with van der Waals surface area (Å²) in [5.41, 5.74) is 1.36. The van der Waals surface area contributed by atoms with Gasteiger partial charge >= 0.3 is 0 Å². The molecule has 0 unspecified atom stereocenters. The van der Waals surface area contributed by atoms with Crippen molar-refractivity contribution in [3.8, 4) is 0 Å². The SMILES string of the molecule is Clc1cc(Cl)c2oc(N3CCN4CCC3CC4)nc2c1. The lowest BCUT2D eigenvalue weighted by molar-refractivity contribution is 0.249. The number of anilines is 1. The maximum Gasteiger partial charge on any atom is 0.298 e. The number of benzene rings is 1. The van der Waals surface area contributed by atoms with Crippen LogP contribution in [0.3, 0.4) is 0 Å². The topological polar surface area (TPSA) is 32.5 Å². The van der Waals surface area contributed by atoms with E-state index in [0.717, 1.165) is 18.6 Å². The maximum absolute atomic E-state index is 6.18. The van der Waals surface area contributed by atoms with E-state index >= 15 is 0 Å². The van der Waals surface area contributed by atoms with Crippen LogP contribution in [-0.4, -0.2) is 42.1 Å². The van der Waals surface area contributed by atoms with Crippen molar-refractivity contribution in [3.63, 3.8) is 0 Å². The van der Waals surface area contributed by atoms with Gasteiger partial charge in [0.1, 0.15) is 5.52 Å². The Hall–Kier alpha value is -0.970. The summed E-state index contributed by atoms with van der Waals surface area (Å²) in [5, 5.41) is 1.11. The number of fused-ring (bicyclic) bond motifs is 5. The van der Waals surface area contributed by atoms with E-state index in [1.54, 1.807) is 12.1 Å². The number of hydrogen-bond acceptors (Lipinski definition) is 4. The van der Waals surface area contributed by atoms with Crippen LogP contribution in [0.5, 0.6) is 0 Å². The zero-order valence-electron chi connectivity index (χ0n) is 11.0. The zero-order valence-corrected chi connectivity index (χ0v) is 12.5. The van der Waals surface area contributed by atoms with Gasteiger partial charge in [-0.1, -0.05) is 23.2 Å². The average Bonchev–Trinajstić information content (AvgIpc) is 2.63. The third kappa shape index (κ3) is 2.07. The molecule has 20 heavy (non-hydrogen) atoms. The molecule has 3 saturated heterocycles. The zero-order chi connectivity index (χ0) is 13.7. The monoisotopic (exact) mass is 311 g/mol. The molecule has 0 spiro atoms. The van der Waals surface area contributed by atoms with E-state index in [0.29, 0.717) is 27.7 Å². The van der Waals surface area contributed by atoms with Crippen LogP contribution in [0.25, 0.3) is 11.1 Å². The Kier molecular flexibility index (Phi) is 3.05. The van der Waals surface area contributed by atoms with Crippen LogP contribution < -0.4 is 4.90 Å². The molecule has 1 aromatic carbocycles. The highest BCUT2D eigenvalue weighted by Crippen LogP contribution is 2.33. The van der Waals surface area contributed by atoms with E-state index in [9.17, 15) is 0 Å². The smallest absolute Gasteiger partial charge is 0.298 e. The predicted octanol–water partition coefficient (Wildman–Crippen LogP) is 3.42. The minimum absolute atomic E-state index is 0.522. The molecular weight excluding hydrogens is 297 g/mol. The number of halogens is 2. The maximum atomic E-state index is 6.18. The molecular formula is C14H15Cl2N3O. The molecule has 3 fully saturated rings. The van der Waals surface area contributed by atoms with Crippen molar-refractivity contribution in [2.75, 3.05) is 31.1 Å². The van der Waals surface area contributed by atoms with Gasteiger partial charge in [0.25, 0.3) is 6.01 Å². The second-order valence-corrected chi connectivity index (χ2v) is 6.34. The Morgan fingerprint density at radius 3 is 2.70 bits per heavy atom. The minimum atomic E-state index is 0.522. The van der Waals surface area contributed by atoms with Crippen molar-refractivity contribution < 1.29 is 4.42 Å². The van der Waals surface area contributed by atoms with Crippen LogP contribution in [0.15, 0.2) is 16.5 Å². The second-order valence-electron chi connectivity index (χ2n) is 5.50. The number of rotatable bonds is 1. The largest absolute Gasteiger partial charge is 0.422 e. The number of nitrogens with zero attached hydrogens (tertiary/aromatic N) is 3. The summed E-state index contributed by atoms with van der Waals surface area (Å²) >= 11 is 12.2. The van der Waals surface area contributed by atoms with E-state index < -0.39 is 0 Å². The first-order valence-electron chi connectivity index (χ1n) is 6.95. The molecule has 4 nitrogen and oxygen atoms in total. The first-order chi connectivity index (χ1) is 9.70. The highest BCUT2D eigenvalue weighted by atomic mass is 35.5. The highest BCUT2D eigenvalue weighted by molar-refractivity contribution is 6.38. The number of piperidine rings is 1. The van der Waals surface area contributed by atoms with Gasteiger partial charge in [-0.2, -0.15) is 4.98 Å². The van der Waals surface area contributed by atoms with Gasteiger partial charge in [-0.05, 0) is 25.0 Å². The van der Waals surface area contributed by atoms with E-state index in [2.05, 4.69) is 14.8 Å². The number of hydrogen-bond donors (Lipinski definition) is 0. The quantitative estimate of drug-likeness (QED) is 0.808. The van der Waals surface area contributed by atoms with Crippen LogP contribution in [0.1, 0.15) is 12.8 Å². The Bertz CT molecular complexity index is 649. The molecule has 2 aromatic rings. The van der Waals surface area contributed by atoms with Gasteiger partial charge in [-0.3, -0.25) is 0 Å². The van der Waals surface area contributed by atoms with Crippen molar-refractivity contribution in [1.29, 1.82) is 0 Å². The lowest BCUT2D eigenvalue weighted by Gasteiger charge is -2.30. The molecule has 3 aliphatic heterocycles. The minimum Gasteiger partial charge on any atom is -0.422 e. The molecule has 5 rings (SSSR count). The molecule has 0 aliphatic carbocycles. The van der Waals surface area contributed by atoms with E-state index in [1.165, 1.54) is 25.9 Å². The molecule has 0 radical (unpaired) electrons. The van der Waals surface area contributed by atoms with E-state index in [4.69, 9.17) is 27.6 Å². The molecule has 0 saturated carbocycles. The molecule has 0 atom stereocenters. The Morgan fingerprint density at radius 2 is 1.90 bits per heavy atom. The fraction of sp³-hybridized carbons (Fsp3) is 0.500. The van der Waals surface area contributed by atoms with Gasteiger partial charge in [-0.15, -0.1) is 0 Å². The highest BCUT2D eigenvalue weighted by Gasteiger charge is 2.31. The standard InChI is InChI=1S/C14H15Cl2N3O/c15-9-7-11(16)13-12(8-9)17-14(20-13)19-6-5-18-3-1-10(19)2-4-18/h7-8,10H,1-6H2.